The first kappa shape index (κ1) is 24.3. The van der Waals surface area contributed by atoms with Gasteiger partial charge in [-0.3, -0.25) is 14.9 Å². The molecule has 0 aliphatic rings. The maximum Gasteiger partial charge on any atom is 0.417 e. The van der Waals surface area contributed by atoms with Crippen LogP contribution >= 0.6 is 0 Å². The van der Waals surface area contributed by atoms with Crippen molar-refractivity contribution in [2.75, 3.05) is 29.6 Å². The van der Waals surface area contributed by atoms with E-state index in [4.69, 9.17) is 9.47 Å². The zero-order valence-corrected chi connectivity index (χ0v) is 18.7. The Hall–Kier alpha value is -4.34. The maximum atomic E-state index is 12.1. The van der Waals surface area contributed by atoms with Crippen molar-refractivity contribution >= 4 is 29.1 Å². The lowest BCUT2D eigenvalue weighted by Crippen LogP contribution is -2.42. The molecule has 0 spiro atoms. The molecule has 0 aromatic heterocycles. The first-order chi connectivity index (χ1) is 16.3. The van der Waals surface area contributed by atoms with E-state index in [2.05, 4.69) is 16.0 Å². The standard InChI is InChI=1S/C24H25N3O7/c1-3-12-25-19-20(22(29)21(19)28)27-18(23(30)31)13-14-4-6-15(7-5-14)26-24(32)34-17-10-8-16(33-2)9-11-17/h4-11,18,25,27H,3,12-13H2,1-2H3,(H,26,32)(H,30,31). The summed E-state index contributed by atoms with van der Waals surface area (Å²) in [5.41, 5.74) is -0.179. The van der Waals surface area contributed by atoms with Crippen LogP contribution in [0.3, 0.4) is 0 Å². The molecule has 3 aromatic carbocycles. The Morgan fingerprint density at radius 2 is 1.56 bits per heavy atom. The van der Waals surface area contributed by atoms with Crippen LogP contribution in [0.4, 0.5) is 21.9 Å². The summed E-state index contributed by atoms with van der Waals surface area (Å²) in [6.07, 6.45) is 0.113. The molecule has 10 heteroatoms. The summed E-state index contributed by atoms with van der Waals surface area (Å²) in [6, 6.07) is 11.9. The summed E-state index contributed by atoms with van der Waals surface area (Å²) >= 11 is 0. The number of carbonyl (C=O) groups is 2. The van der Waals surface area contributed by atoms with Crippen LogP contribution in [0, 0.1) is 0 Å². The van der Waals surface area contributed by atoms with Crippen molar-refractivity contribution in [2.45, 2.75) is 25.8 Å². The Kier molecular flexibility index (Phi) is 7.86. The summed E-state index contributed by atoms with van der Waals surface area (Å²) in [4.78, 5) is 47.5. The number of carbonyl (C=O) groups excluding carboxylic acids is 1. The van der Waals surface area contributed by atoms with Gasteiger partial charge in [0.15, 0.2) is 0 Å². The highest BCUT2D eigenvalue weighted by Crippen LogP contribution is 2.20. The number of hydrogen-bond donors (Lipinski definition) is 4. The number of carboxylic acids is 1. The SMILES string of the molecule is CCCNc1c(NC(Cc2ccc(NC(=O)Oc3ccc(OC)cc3)cc2)C(=O)O)c(=O)c1=O. The van der Waals surface area contributed by atoms with Crippen LogP contribution in [-0.4, -0.2) is 36.9 Å². The van der Waals surface area contributed by atoms with Crippen molar-refractivity contribution in [3.63, 3.8) is 0 Å². The van der Waals surface area contributed by atoms with Crippen molar-refractivity contribution in [3.8, 4) is 11.5 Å². The molecule has 0 aliphatic heterocycles. The molecule has 0 bridgehead atoms. The third kappa shape index (κ3) is 5.91. The smallest absolute Gasteiger partial charge is 0.417 e. The van der Waals surface area contributed by atoms with Crippen molar-refractivity contribution in [1.82, 2.24) is 0 Å². The van der Waals surface area contributed by atoms with Gasteiger partial charge in [0.2, 0.25) is 0 Å². The zero-order chi connectivity index (χ0) is 24.7. The van der Waals surface area contributed by atoms with Crippen LogP contribution in [0.25, 0.3) is 0 Å². The Morgan fingerprint density at radius 3 is 2.15 bits per heavy atom. The molecule has 0 saturated heterocycles. The van der Waals surface area contributed by atoms with Crippen molar-refractivity contribution in [1.29, 1.82) is 0 Å². The summed E-state index contributed by atoms with van der Waals surface area (Å²) in [5, 5.41) is 17.7. The molecule has 1 atom stereocenters. The number of nitrogens with one attached hydrogen (secondary N) is 3. The highest BCUT2D eigenvalue weighted by molar-refractivity contribution is 5.86. The molecule has 10 nitrogen and oxygen atoms in total. The van der Waals surface area contributed by atoms with E-state index in [1.54, 1.807) is 48.5 Å². The van der Waals surface area contributed by atoms with Gasteiger partial charge in [-0.25, -0.2) is 9.59 Å². The summed E-state index contributed by atoms with van der Waals surface area (Å²) in [7, 11) is 1.54. The summed E-state index contributed by atoms with van der Waals surface area (Å²) in [5.74, 6) is -0.188. The lowest BCUT2D eigenvalue weighted by Gasteiger charge is -2.20. The first-order valence-corrected chi connectivity index (χ1v) is 10.6. The topological polar surface area (TPSA) is 143 Å². The molecule has 1 amide bonds. The van der Waals surface area contributed by atoms with E-state index in [1.807, 2.05) is 6.92 Å². The number of methoxy groups -OCH3 is 1. The van der Waals surface area contributed by atoms with Gasteiger partial charge >= 0.3 is 12.1 Å². The van der Waals surface area contributed by atoms with Gasteiger partial charge in [-0.1, -0.05) is 19.1 Å². The number of aliphatic carboxylic acids is 1. The van der Waals surface area contributed by atoms with Gasteiger partial charge in [0.05, 0.1) is 7.11 Å². The van der Waals surface area contributed by atoms with Gasteiger partial charge in [-0.05, 0) is 48.4 Å². The molecule has 178 valence electrons. The molecule has 0 saturated carbocycles. The largest absolute Gasteiger partial charge is 0.497 e. The molecule has 3 aromatic rings. The van der Waals surface area contributed by atoms with Crippen LogP contribution in [0.2, 0.25) is 0 Å². The second kappa shape index (κ2) is 11.0. The van der Waals surface area contributed by atoms with E-state index >= 15 is 0 Å². The van der Waals surface area contributed by atoms with E-state index in [1.165, 1.54) is 7.11 Å². The predicted octanol–water partition coefficient (Wildman–Crippen LogP) is 2.83. The molecule has 34 heavy (non-hydrogen) atoms. The quantitative estimate of drug-likeness (QED) is 0.313. The normalized spacial score (nSPS) is 11.5. The highest BCUT2D eigenvalue weighted by atomic mass is 16.6. The minimum atomic E-state index is -1.17. The van der Waals surface area contributed by atoms with Crippen LogP contribution < -0.4 is 36.3 Å². The van der Waals surface area contributed by atoms with E-state index in [0.717, 1.165) is 6.42 Å². The minimum Gasteiger partial charge on any atom is -0.497 e. The van der Waals surface area contributed by atoms with Gasteiger partial charge in [-0.15, -0.1) is 0 Å². The van der Waals surface area contributed by atoms with Crippen molar-refractivity contribution in [3.05, 3.63) is 74.5 Å². The van der Waals surface area contributed by atoms with Crippen LogP contribution in [-0.2, 0) is 11.2 Å². The third-order valence-corrected chi connectivity index (χ3v) is 4.99. The van der Waals surface area contributed by atoms with Crippen molar-refractivity contribution in [2.24, 2.45) is 0 Å². The van der Waals surface area contributed by atoms with Crippen LogP contribution in [0.1, 0.15) is 18.9 Å². The fourth-order valence-corrected chi connectivity index (χ4v) is 3.18. The minimum absolute atomic E-state index is 0.00888. The lowest BCUT2D eigenvalue weighted by molar-refractivity contribution is -0.137. The van der Waals surface area contributed by atoms with Gasteiger partial charge < -0.3 is 25.2 Å². The monoisotopic (exact) mass is 467 g/mol. The highest BCUT2D eigenvalue weighted by Gasteiger charge is 2.26. The second-order valence-electron chi connectivity index (χ2n) is 7.46. The van der Waals surface area contributed by atoms with Gasteiger partial charge in [-0.2, -0.15) is 0 Å². The zero-order valence-electron chi connectivity index (χ0n) is 18.7. The van der Waals surface area contributed by atoms with Crippen LogP contribution in [0.15, 0.2) is 58.1 Å². The molecule has 0 heterocycles. The van der Waals surface area contributed by atoms with E-state index < -0.39 is 29.0 Å². The molecular weight excluding hydrogens is 442 g/mol. The predicted molar refractivity (Wildman–Crippen MR) is 128 cm³/mol. The van der Waals surface area contributed by atoms with Gasteiger partial charge in [0, 0.05) is 18.7 Å². The Bertz CT molecular complexity index is 1210. The molecule has 0 aliphatic carbocycles. The van der Waals surface area contributed by atoms with Gasteiger partial charge in [0.1, 0.15) is 28.9 Å². The number of anilines is 3. The van der Waals surface area contributed by atoms with Gasteiger partial charge in [0.25, 0.3) is 10.9 Å². The molecule has 0 fully saturated rings. The van der Waals surface area contributed by atoms with Crippen molar-refractivity contribution < 1.29 is 24.2 Å². The van der Waals surface area contributed by atoms with E-state index in [0.29, 0.717) is 29.3 Å². The Balaban J connectivity index is 1.60. The number of ether oxygens (including phenoxy) is 2. The van der Waals surface area contributed by atoms with Crippen LogP contribution in [0.5, 0.6) is 11.5 Å². The maximum absolute atomic E-state index is 12.1. The molecule has 0 radical (unpaired) electrons. The average molecular weight is 467 g/mol. The number of amides is 1. The molecule has 4 N–H and O–H groups in total. The number of carboxylic acid groups (broad SMARTS) is 1. The fourth-order valence-electron chi connectivity index (χ4n) is 3.18. The molecular formula is C24H25N3O7. The third-order valence-electron chi connectivity index (χ3n) is 4.99. The number of hydrogen-bond acceptors (Lipinski definition) is 8. The Morgan fingerprint density at radius 1 is 0.941 bits per heavy atom. The summed E-state index contributed by atoms with van der Waals surface area (Å²) in [6.45, 7) is 2.40. The molecule has 3 rings (SSSR count). The second-order valence-corrected chi connectivity index (χ2v) is 7.46. The Labute approximate surface area is 195 Å². The fraction of sp³-hybridized carbons (Fsp3) is 0.250. The lowest BCUT2D eigenvalue weighted by atomic mass is 10.0. The first-order valence-electron chi connectivity index (χ1n) is 10.6. The average Bonchev–Trinajstić information content (AvgIpc) is 2.83. The van der Waals surface area contributed by atoms with E-state index in [9.17, 15) is 24.3 Å². The van der Waals surface area contributed by atoms with E-state index in [-0.39, 0.29) is 17.8 Å². The number of benzene rings is 2. The number of rotatable bonds is 11. The molecule has 1 unspecified atom stereocenters. The summed E-state index contributed by atoms with van der Waals surface area (Å²) < 4.78 is 10.2.